The van der Waals surface area contributed by atoms with Crippen molar-refractivity contribution in [2.75, 3.05) is 18.2 Å². The van der Waals surface area contributed by atoms with Crippen molar-refractivity contribution in [2.45, 2.75) is 0 Å². The Morgan fingerprint density at radius 2 is 1.79 bits per heavy atom. The Morgan fingerprint density at radius 1 is 1.12 bits per heavy atom. The number of nitrogens with one attached hydrogen (secondary N) is 1. The molecule has 1 heterocycles. The van der Waals surface area contributed by atoms with Gasteiger partial charge in [0.1, 0.15) is 16.4 Å². The summed E-state index contributed by atoms with van der Waals surface area (Å²) in [7, 11) is 4.14. The van der Waals surface area contributed by atoms with Crippen LogP contribution in [0.1, 0.15) is 5.56 Å². The number of benzene rings is 2. The maximum atomic E-state index is 12.9. The molecule has 178 valence electrons. The van der Waals surface area contributed by atoms with Crippen LogP contribution in [-0.2, 0) is 18.9 Å². The highest BCUT2D eigenvalue weighted by molar-refractivity contribution is 8.15. The van der Waals surface area contributed by atoms with Crippen LogP contribution in [0, 0.1) is 0 Å². The normalized spacial score (nSPS) is 11.4. The number of carbonyl (C=O) groups is 1. The highest BCUT2D eigenvalue weighted by atomic mass is 35.5. The molecule has 3 aromatic rings. The number of aliphatic imine (C=N–C) groups is 1. The molecule has 0 unspecified atom stereocenters. The number of nitrogens with zero attached hydrogens (tertiary/aromatic N) is 3. The maximum Gasteiger partial charge on any atom is 0.333 e. The first-order valence-electron chi connectivity index (χ1n) is 9.72. The Bertz CT molecular complexity index is 1380. The lowest BCUT2D eigenvalue weighted by atomic mass is 10.3. The Kier molecular flexibility index (Phi) is 8.08. The molecule has 34 heavy (non-hydrogen) atoms. The Morgan fingerprint density at radius 3 is 2.44 bits per heavy atom. The third-order valence-corrected chi connectivity index (χ3v) is 6.51. The Balaban J connectivity index is 1.99. The molecule has 2 aromatic carbocycles. The minimum absolute atomic E-state index is 0.0474. The molecule has 0 radical (unpaired) electrons. The number of hydrogen-bond donors (Lipinski definition) is 2. The van der Waals surface area contributed by atoms with Gasteiger partial charge in [-0.3, -0.25) is 18.7 Å². The number of hydrogen-bond acceptors (Lipinski definition) is 7. The van der Waals surface area contributed by atoms with Gasteiger partial charge in [-0.2, -0.15) is 0 Å². The Labute approximate surface area is 208 Å². The van der Waals surface area contributed by atoms with Crippen molar-refractivity contribution in [1.29, 1.82) is 0 Å². The van der Waals surface area contributed by atoms with Crippen molar-refractivity contribution in [3.8, 4) is 11.6 Å². The first-order valence-corrected chi connectivity index (χ1v) is 11.5. The quantitative estimate of drug-likeness (QED) is 0.377. The average Bonchev–Trinajstić information content (AvgIpc) is 2.83. The van der Waals surface area contributed by atoms with Crippen LogP contribution in [0.4, 0.5) is 11.4 Å². The third kappa shape index (κ3) is 5.46. The molecule has 1 aromatic heterocycles. The van der Waals surface area contributed by atoms with E-state index in [1.54, 1.807) is 42.5 Å². The number of amides is 1. The van der Waals surface area contributed by atoms with Gasteiger partial charge in [0.25, 0.3) is 5.56 Å². The summed E-state index contributed by atoms with van der Waals surface area (Å²) in [6.07, 6.45) is 0. The fraction of sp³-hybridized carbons (Fsp3) is 0.182. The monoisotopic (exact) mass is 522 g/mol. The van der Waals surface area contributed by atoms with Gasteiger partial charge in [-0.05, 0) is 36.4 Å². The molecule has 2 N–H and O–H groups in total. The van der Waals surface area contributed by atoms with Crippen molar-refractivity contribution in [3.63, 3.8) is 0 Å². The standard InChI is InChI=1S/C22H20Cl2N4O5S/c1-27-20(30)17(21(31)28(2)22(27)32)19(25-12-7-9-13(33-3)10-8-12)34-11-16(29)26-15-6-4-5-14(23)18(15)24/h4-10,30H,11H2,1-3H3,(H,26,29). The van der Waals surface area contributed by atoms with E-state index in [1.165, 1.54) is 21.2 Å². The second-order valence-electron chi connectivity index (χ2n) is 6.96. The van der Waals surface area contributed by atoms with E-state index >= 15 is 0 Å². The first-order chi connectivity index (χ1) is 16.1. The molecule has 0 saturated carbocycles. The van der Waals surface area contributed by atoms with Gasteiger partial charge in [-0.25, -0.2) is 9.79 Å². The molecular weight excluding hydrogens is 503 g/mol. The lowest BCUT2D eigenvalue weighted by molar-refractivity contribution is -0.113. The number of aromatic nitrogens is 2. The molecule has 0 aliphatic carbocycles. The third-order valence-electron chi connectivity index (χ3n) is 4.72. The van der Waals surface area contributed by atoms with Crippen LogP contribution in [0.3, 0.4) is 0 Å². The zero-order chi connectivity index (χ0) is 25.0. The number of halogens is 2. The van der Waals surface area contributed by atoms with Crippen molar-refractivity contribution >= 4 is 57.3 Å². The zero-order valence-electron chi connectivity index (χ0n) is 18.3. The van der Waals surface area contributed by atoms with E-state index in [9.17, 15) is 19.5 Å². The van der Waals surface area contributed by atoms with Crippen LogP contribution < -0.4 is 21.3 Å². The highest BCUT2D eigenvalue weighted by Gasteiger charge is 2.22. The molecule has 0 aliphatic rings. The Hall–Kier alpha value is -3.21. The second kappa shape index (κ2) is 10.8. The topological polar surface area (TPSA) is 115 Å². The molecule has 12 heteroatoms. The van der Waals surface area contributed by atoms with E-state index in [1.807, 2.05) is 0 Å². The fourth-order valence-corrected chi connectivity index (χ4v) is 4.06. The van der Waals surface area contributed by atoms with Crippen LogP contribution in [0.2, 0.25) is 10.0 Å². The summed E-state index contributed by atoms with van der Waals surface area (Å²) in [5.41, 5.74) is -0.891. The van der Waals surface area contributed by atoms with Gasteiger partial charge in [0.15, 0.2) is 0 Å². The lowest BCUT2D eigenvalue weighted by Gasteiger charge is -2.13. The molecule has 9 nitrogen and oxygen atoms in total. The summed E-state index contributed by atoms with van der Waals surface area (Å²) < 4.78 is 6.91. The summed E-state index contributed by atoms with van der Waals surface area (Å²) >= 11 is 13.0. The number of carbonyl (C=O) groups excluding carboxylic acids is 1. The predicted octanol–water partition coefficient (Wildman–Crippen LogP) is 3.56. The molecule has 3 rings (SSSR count). The second-order valence-corrected chi connectivity index (χ2v) is 8.71. The number of thioether (sulfide) groups is 1. The van der Waals surface area contributed by atoms with Crippen LogP contribution >= 0.6 is 35.0 Å². The first kappa shape index (κ1) is 25.4. The highest BCUT2D eigenvalue weighted by Crippen LogP contribution is 2.30. The van der Waals surface area contributed by atoms with E-state index < -0.39 is 23.0 Å². The molecular formula is C22H20Cl2N4O5S. The number of methoxy groups -OCH3 is 1. The summed E-state index contributed by atoms with van der Waals surface area (Å²) in [5.74, 6) is -0.584. The summed E-state index contributed by atoms with van der Waals surface area (Å²) in [5, 5.41) is 13.8. The molecule has 0 atom stereocenters. The minimum atomic E-state index is -0.751. The molecule has 0 spiro atoms. The van der Waals surface area contributed by atoms with Gasteiger partial charge >= 0.3 is 5.69 Å². The predicted molar refractivity (Wildman–Crippen MR) is 135 cm³/mol. The molecule has 0 aliphatic heterocycles. The number of ether oxygens (including phenoxy) is 1. The average molecular weight is 523 g/mol. The van der Waals surface area contributed by atoms with Gasteiger partial charge in [-0.15, -0.1) is 0 Å². The fourth-order valence-electron chi connectivity index (χ4n) is 2.88. The minimum Gasteiger partial charge on any atom is -0.497 e. The van der Waals surface area contributed by atoms with Gasteiger partial charge < -0.3 is 15.2 Å². The zero-order valence-corrected chi connectivity index (χ0v) is 20.7. The van der Waals surface area contributed by atoms with E-state index in [2.05, 4.69) is 10.3 Å². The van der Waals surface area contributed by atoms with Crippen LogP contribution in [0.5, 0.6) is 11.6 Å². The van der Waals surface area contributed by atoms with Gasteiger partial charge in [0.05, 0.1) is 34.3 Å². The SMILES string of the molecule is COc1ccc(N=C(SCC(=O)Nc2cccc(Cl)c2Cl)c2c(O)n(C)c(=O)n(C)c2=O)cc1. The molecule has 1 amide bonds. The van der Waals surface area contributed by atoms with E-state index in [0.29, 0.717) is 17.1 Å². The van der Waals surface area contributed by atoms with Crippen LogP contribution in [0.25, 0.3) is 0 Å². The maximum absolute atomic E-state index is 12.9. The van der Waals surface area contributed by atoms with E-state index in [0.717, 1.165) is 20.9 Å². The summed E-state index contributed by atoms with van der Waals surface area (Å²) in [6.45, 7) is 0. The molecule has 0 saturated heterocycles. The van der Waals surface area contributed by atoms with Crippen molar-refractivity contribution in [2.24, 2.45) is 19.1 Å². The van der Waals surface area contributed by atoms with Crippen molar-refractivity contribution < 1.29 is 14.6 Å². The molecule has 0 fully saturated rings. The lowest BCUT2D eigenvalue weighted by Crippen LogP contribution is -2.39. The molecule has 0 bridgehead atoms. The summed E-state index contributed by atoms with van der Waals surface area (Å²) in [4.78, 5) is 42.1. The van der Waals surface area contributed by atoms with Gasteiger partial charge in [0, 0.05) is 14.1 Å². The van der Waals surface area contributed by atoms with Gasteiger partial charge in [-0.1, -0.05) is 41.0 Å². The smallest absolute Gasteiger partial charge is 0.333 e. The van der Waals surface area contributed by atoms with Crippen LogP contribution in [0.15, 0.2) is 57.0 Å². The number of anilines is 1. The van der Waals surface area contributed by atoms with E-state index in [-0.39, 0.29) is 26.4 Å². The summed E-state index contributed by atoms with van der Waals surface area (Å²) in [6, 6.07) is 11.5. The van der Waals surface area contributed by atoms with Crippen LogP contribution in [-0.4, -0.2) is 38.1 Å². The van der Waals surface area contributed by atoms with E-state index in [4.69, 9.17) is 27.9 Å². The number of rotatable bonds is 6. The van der Waals surface area contributed by atoms with Crippen molar-refractivity contribution in [1.82, 2.24) is 9.13 Å². The number of aromatic hydroxyl groups is 1. The largest absolute Gasteiger partial charge is 0.497 e. The van der Waals surface area contributed by atoms with Gasteiger partial charge in [0.2, 0.25) is 11.8 Å². The van der Waals surface area contributed by atoms with Crippen molar-refractivity contribution in [3.05, 3.63) is 78.9 Å².